The SMILES string of the molecule is CCc1c(N2CCN(C(=O)c3ncnc(C)c3O)CC2)c(=O)n2nc(C=C3CCC3)nc2n1CC(=O)Nc1ccc(C(F)(F)F)cc1Cl. The highest BCUT2D eigenvalue weighted by molar-refractivity contribution is 6.33. The van der Waals surface area contributed by atoms with Gasteiger partial charge in [0.25, 0.3) is 11.5 Å². The van der Waals surface area contributed by atoms with Crippen molar-refractivity contribution in [3.8, 4) is 5.75 Å². The van der Waals surface area contributed by atoms with Gasteiger partial charge in [-0.25, -0.2) is 9.97 Å². The van der Waals surface area contributed by atoms with E-state index in [9.17, 15) is 32.7 Å². The number of piperazine rings is 1. The van der Waals surface area contributed by atoms with Crippen LogP contribution in [0.4, 0.5) is 24.5 Å². The molecule has 252 valence electrons. The number of rotatable bonds is 7. The van der Waals surface area contributed by atoms with E-state index < -0.39 is 29.1 Å². The minimum atomic E-state index is -4.60. The van der Waals surface area contributed by atoms with Crippen LogP contribution in [0.5, 0.6) is 5.75 Å². The fraction of sp³-hybridized carbons (Fsp3) is 0.387. The lowest BCUT2D eigenvalue weighted by molar-refractivity contribution is -0.137. The Balaban J connectivity index is 1.33. The normalized spacial score (nSPS) is 15.1. The maximum Gasteiger partial charge on any atom is 0.416 e. The topological polar surface area (TPSA) is 151 Å². The van der Waals surface area contributed by atoms with Gasteiger partial charge in [0, 0.05) is 26.2 Å². The maximum absolute atomic E-state index is 14.0. The Morgan fingerprint density at radius 1 is 1.12 bits per heavy atom. The summed E-state index contributed by atoms with van der Waals surface area (Å²) in [6.07, 6.45) is 1.59. The summed E-state index contributed by atoms with van der Waals surface area (Å²) in [4.78, 5) is 56.4. The van der Waals surface area contributed by atoms with E-state index in [4.69, 9.17) is 11.6 Å². The quantitative estimate of drug-likeness (QED) is 0.293. The number of benzene rings is 1. The Kier molecular flexibility index (Phi) is 8.85. The number of aromatic nitrogens is 6. The van der Waals surface area contributed by atoms with Crippen LogP contribution >= 0.6 is 11.6 Å². The second-order valence-electron chi connectivity index (χ2n) is 11.6. The van der Waals surface area contributed by atoms with Crippen LogP contribution in [0.15, 0.2) is 34.9 Å². The number of nitrogens with one attached hydrogen (secondary N) is 1. The van der Waals surface area contributed by atoms with Crippen molar-refractivity contribution in [2.75, 3.05) is 36.4 Å². The second kappa shape index (κ2) is 12.9. The van der Waals surface area contributed by atoms with Crippen LogP contribution in [0.25, 0.3) is 11.9 Å². The number of alkyl halides is 3. The first-order valence-electron chi connectivity index (χ1n) is 15.3. The average molecular weight is 686 g/mol. The highest BCUT2D eigenvalue weighted by Gasteiger charge is 2.32. The van der Waals surface area contributed by atoms with Gasteiger partial charge in [0.1, 0.15) is 18.6 Å². The van der Waals surface area contributed by atoms with Crippen LogP contribution in [0.3, 0.4) is 0 Å². The summed E-state index contributed by atoms with van der Waals surface area (Å²) < 4.78 is 42.2. The summed E-state index contributed by atoms with van der Waals surface area (Å²) in [5.41, 5.74) is 0.675. The van der Waals surface area contributed by atoms with Gasteiger partial charge >= 0.3 is 6.18 Å². The van der Waals surface area contributed by atoms with E-state index in [0.29, 0.717) is 17.9 Å². The van der Waals surface area contributed by atoms with Crippen LogP contribution in [0.2, 0.25) is 5.02 Å². The highest BCUT2D eigenvalue weighted by atomic mass is 35.5. The van der Waals surface area contributed by atoms with Crippen LogP contribution in [0, 0.1) is 6.92 Å². The lowest BCUT2D eigenvalue weighted by atomic mass is 9.92. The highest BCUT2D eigenvalue weighted by Crippen LogP contribution is 2.34. The monoisotopic (exact) mass is 685 g/mol. The van der Waals surface area contributed by atoms with Crippen molar-refractivity contribution in [3.63, 3.8) is 0 Å². The van der Waals surface area contributed by atoms with E-state index >= 15 is 0 Å². The molecule has 48 heavy (non-hydrogen) atoms. The smallest absolute Gasteiger partial charge is 0.416 e. The molecular weight excluding hydrogens is 655 g/mol. The van der Waals surface area contributed by atoms with Gasteiger partial charge in [0.15, 0.2) is 17.3 Å². The third-order valence-corrected chi connectivity index (χ3v) is 8.78. The second-order valence-corrected chi connectivity index (χ2v) is 12.0. The maximum atomic E-state index is 14.0. The predicted octanol–water partition coefficient (Wildman–Crippen LogP) is 4.10. The summed E-state index contributed by atoms with van der Waals surface area (Å²) in [6.45, 7) is 3.97. The molecule has 1 aliphatic carbocycles. The molecule has 0 unspecified atom stereocenters. The molecule has 1 saturated carbocycles. The first-order chi connectivity index (χ1) is 22.8. The van der Waals surface area contributed by atoms with E-state index in [0.717, 1.165) is 47.6 Å². The number of fused-ring (bicyclic) bond motifs is 1. The van der Waals surface area contributed by atoms with Crippen LogP contribution in [0.1, 0.15) is 59.5 Å². The number of anilines is 2. The molecule has 13 nitrogen and oxygen atoms in total. The number of allylic oxidation sites excluding steroid dienone is 1. The van der Waals surface area contributed by atoms with Crippen molar-refractivity contribution in [2.45, 2.75) is 52.3 Å². The van der Waals surface area contributed by atoms with E-state index in [1.807, 2.05) is 17.9 Å². The number of carbonyl (C=O) groups is 2. The van der Waals surface area contributed by atoms with Gasteiger partial charge in [0.05, 0.1) is 27.7 Å². The standard InChI is InChI=1S/C31H31ClF3N9O4/c1-3-22-26(41-9-11-42(12-10-41)28(47)25-27(46)17(2)36-16-37-25)29(48)44-30(39-23(40-44)13-18-5-4-6-18)43(22)15-24(45)38-21-8-7-19(14-20(21)32)31(33,34)35/h7-8,13-14,16,46H,3-6,9-12,15H2,1-2H3,(H,38,45). The predicted molar refractivity (Wildman–Crippen MR) is 170 cm³/mol. The number of hydrogen-bond acceptors (Lipinski definition) is 9. The summed E-state index contributed by atoms with van der Waals surface area (Å²) in [6, 6.07) is 2.64. The van der Waals surface area contributed by atoms with Gasteiger partial charge in [-0.2, -0.15) is 22.7 Å². The number of aryl methyl sites for hydroxylation is 1. The van der Waals surface area contributed by atoms with Crippen molar-refractivity contribution in [1.82, 2.24) is 34.0 Å². The average Bonchev–Trinajstić information content (AvgIpc) is 3.46. The zero-order chi connectivity index (χ0) is 34.3. The summed E-state index contributed by atoms with van der Waals surface area (Å²) in [5.74, 6) is -0.925. The minimum absolute atomic E-state index is 0.00687. The lowest BCUT2D eigenvalue weighted by Crippen LogP contribution is -2.51. The van der Waals surface area contributed by atoms with E-state index in [1.54, 1.807) is 11.5 Å². The van der Waals surface area contributed by atoms with Crippen LogP contribution < -0.4 is 15.8 Å². The number of amides is 2. The molecule has 0 spiro atoms. The Morgan fingerprint density at radius 3 is 2.48 bits per heavy atom. The molecule has 0 atom stereocenters. The van der Waals surface area contributed by atoms with Crippen molar-refractivity contribution in [1.29, 1.82) is 0 Å². The molecule has 0 radical (unpaired) electrons. The fourth-order valence-corrected chi connectivity index (χ4v) is 5.97. The summed E-state index contributed by atoms with van der Waals surface area (Å²) in [7, 11) is 0. The fourth-order valence-electron chi connectivity index (χ4n) is 5.75. The van der Waals surface area contributed by atoms with Gasteiger partial charge in [-0.15, -0.1) is 5.10 Å². The molecule has 1 aromatic carbocycles. The number of hydrogen-bond donors (Lipinski definition) is 2. The van der Waals surface area contributed by atoms with Gasteiger partial charge in [-0.1, -0.05) is 24.1 Å². The molecule has 0 bridgehead atoms. The molecule has 1 aliphatic heterocycles. The molecule has 17 heteroatoms. The molecule has 1 saturated heterocycles. The minimum Gasteiger partial charge on any atom is -0.504 e. The molecule has 4 heterocycles. The summed E-state index contributed by atoms with van der Waals surface area (Å²) in [5, 5.41) is 17.1. The number of halogens is 4. The third-order valence-electron chi connectivity index (χ3n) is 8.47. The van der Waals surface area contributed by atoms with Gasteiger partial charge < -0.3 is 24.8 Å². The van der Waals surface area contributed by atoms with E-state index in [-0.39, 0.29) is 72.0 Å². The first-order valence-corrected chi connectivity index (χ1v) is 15.7. The lowest BCUT2D eigenvalue weighted by Gasteiger charge is -2.36. The largest absolute Gasteiger partial charge is 0.504 e. The first kappa shape index (κ1) is 32.9. The van der Waals surface area contributed by atoms with Gasteiger partial charge in [-0.05, 0) is 56.9 Å². The molecule has 6 rings (SSSR count). The Hall–Kier alpha value is -4.99. The molecule has 3 aromatic heterocycles. The molecule has 2 amide bonds. The number of nitrogens with zero attached hydrogens (tertiary/aromatic N) is 8. The molecule has 4 aromatic rings. The molecular formula is C31H31ClF3N9O4. The third kappa shape index (κ3) is 6.31. The van der Waals surface area contributed by atoms with Crippen molar-refractivity contribution in [2.24, 2.45) is 0 Å². The molecule has 2 fully saturated rings. The van der Waals surface area contributed by atoms with E-state index in [1.165, 1.54) is 11.2 Å². The van der Waals surface area contributed by atoms with Crippen LogP contribution in [-0.4, -0.2) is 77.1 Å². The van der Waals surface area contributed by atoms with Crippen molar-refractivity contribution < 1.29 is 27.9 Å². The zero-order valence-electron chi connectivity index (χ0n) is 26.0. The molecule has 2 N–H and O–H groups in total. The zero-order valence-corrected chi connectivity index (χ0v) is 26.8. The van der Waals surface area contributed by atoms with Crippen LogP contribution in [-0.2, 0) is 23.9 Å². The number of aromatic hydroxyl groups is 1. The van der Waals surface area contributed by atoms with Gasteiger partial charge in [0.2, 0.25) is 11.7 Å². The molecule has 2 aliphatic rings. The Bertz CT molecular complexity index is 2010. The van der Waals surface area contributed by atoms with E-state index in [2.05, 4.69) is 25.4 Å². The van der Waals surface area contributed by atoms with Crippen molar-refractivity contribution in [3.05, 3.63) is 73.9 Å². The number of carbonyl (C=O) groups excluding carboxylic acids is 2. The Labute approximate surface area is 276 Å². The summed E-state index contributed by atoms with van der Waals surface area (Å²) >= 11 is 6.09. The van der Waals surface area contributed by atoms with Crippen molar-refractivity contribution >= 4 is 46.6 Å². The Morgan fingerprint density at radius 2 is 1.85 bits per heavy atom. The van der Waals surface area contributed by atoms with Gasteiger partial charge in [-0.3, -0.25) is 14.4 Å².